The largest absolute Gasteiger partial charge is 0.496 e. The second kappa shape index (κ2) is 8.56. The van der Waals surface area contributed by atoms with Gasteiger partial charge < -0.3 is 14.8 Å². The summed E-state index contributed by atoms with van der Waals surface area (Å²) in [4.78, 5) is 36.6. The molecule has 29 heavy (non-hydrogen) atoms. The molecule has 3 aromatic carbocycles. The number of nitrogens with one attached hydrogen (secondary N) is 1. The van der Waals surface area contributed by atoms with Crippen molar-refractivity contribution in [1.29, 1.82) is 0 Å². The van der Waals surface area contributed by atoms with E-state index < -0.39 is 18.0 Å². The summed E-state index contributed by atoms with van der Waals surface area (Å²) in [5.41, 5.74) is 1.29. The van der Waals surface area contributed by atoms with E-state index in [9.17, 15) is 14.4 Å². The summed E-state index contributed by atoms with van der Waals surface area (Å²) in [6.07, 6.45) is -1.02. The van der Waals surface area contributed by atoms with Crippen molar-refractivity contribution in [1.82, 2.24) is 0 Å². The summed E-state index contributed by atoms with van der Waals surface area (Å²) in [5, 5.41) is 4.12. The predicted molar refractivity (Wildman–Crippen MR) is 110 cm³/mol. The van der Waals surface area contributed by atoms with Gasteiger partial charge in [0.1, 0.15) is 5.75 Å². The first-order valence-corrected chi connectivity index (χ1v) is 9.09. The Bertz CT molecular complexity index is 1090. The third-order valence-electron chi connectivity index (χ3n) is 4.51. The van der Waals surface area contributed by atoms with Gasteiger partial charge in [0.25, 0.3) is 5.91 Å². The van der Waals surface area contributed by atoms with Gasteiger partial charge in [-0.2, -0.15) is 0 Å². The summed E-state index contributed by atoms with van der Waals surface area (Å²) in [7, 11) is 1.56. The monoisotopic (exact) mass is 391 g/mol. The number of benzene rings is 3. The van der Waals surface area contributed by atoms with Gasteiger partial charge in [0.15, 0.2) is 11.9 Å². The van der Waals surface area contributed by atoms with Crippen LogP contribution in [0.1, 0.15) is 34.6 Å². The summed E-state index contributed by atoms with van der Waals surface area (Å²) in [6, 6.07) is 17.2. The number of amides is 1. The number of carbonyl (C=O) groups is 3. The molecular formula is C23H21NO5. The highest BCUT2D eigenvalue weighted by molar-refractivity contribution is 6.07. The Morgan fingerprint density at radius 2 is 1.66 bits per heavy atom. The van der Waals surface area contributed by atoms with Crippen LogP contribution < -0.4 is 10.1 Å². The minimum Gasteiger partial charge on any atom is -0.496 e. The number of ether oxygens (including phenoxy) is 2. The van der Waals surface area contributed by atoms with E-state index in [1.807, 2.05) is 18.2 Å². The minimum absolute atomic E-state index is 0.105. The molecule has 0 unspecified atom stereocenters. The lowest BCUT2D eigenvalue weighted by atomic mass is 10.0. The lowest BCUT2D eigenvalue weighted by molar-refractivity contribution is -0.123. The van der Waals surface area contributed by atoms with Gasteiger partial charge in [0.2, 0.25) is 0 Å². The van der Waals surface area contributed by atoms with Crippen molar-refractivity contribution in [2.24, 2.45) is 0 Å². The third-order valence-corrected chi connectivity index (χ3v) is 4.51. The topological polar surface area (TPSA) is 81.7 Å². The lowest BCUT2D eigenvalue weighted by Gasteiger charge is -2.15. The van der Waals surface area contributed by atoms with Gasteiger partial charge in [-0.15, -0.1) is 0 Å². The molecule has 0 radical (unpaired) electrons. The first kappa shape index (κ1) is 20.1. The molecule has 0 aliphatic heterocycles. The van der Waals surface area contributed by atoms with E-state index in [-0.39, 0.29) is 5.78 Å². The van der Waals surface area contributed by atoms with Gasteiger partial charge in [-0.05, 0) is 43.5 Å². The molecular weight excluding hydrogens is 370 g/mol. The van der Waals surface area contributed by atoms with E-state index >= 15 is 0 Å². The van der Waals surface area contributed by atoms with E-state index in [1.165, 1.54) is 13.8 Å². The van der Waals surface area contributed by atoms with Gasteiger partial charge in [0.05, 0.1) is 12.7 Å². The van der Waals surface area contributed by atoms with E-state index in [0.717, 1.165) is 5.39 Å². The number of esters is 1. The number of hydrogen-bond donors (Lipinski definition) is 1. The fourth-order valence-corrected chi connectivity index (χ4v) is 2.96. The molecule has 6 nitrogen and oxygen atoms in total. The molecule has 0 aliphatic rings. The highest BCUT2D eigenvalue weighted by Gasteiger charge is 2.21. The second-order valence-corrected chi connectivity index (χ2v) is 6.53. The first-order chi connectivity index (χ1) is 13.9. The molecule has 3 rings (SSSR count). The number of hydrogen-bond acceptors (Lipinski definition) is 5. The van der Waals surface area contributed by atoms with Crippen LogP contribution in [0.4, 0.5) is 5.69 Å². The Morgan fingerprint density at radius 3 is 2.34 bits per heavy atom. The maximum absolute atomic E-state index is 12.7. The molecule has 1 atom stereocenters. The van der Waals surface area contributed by atoms with Crippen LogP contribution >= 0.6 is 0 Å². The van der Waals surface area contributed by atoms with Crippen LogP contribution in [-0.2, 0) is 9.53 Å². The Morgan fingerprint density at radius 1 is 0.931 bits per heavy atom. The van der Waals surface area contributed by atoms with Gasteiger partial charge in [-0.25, -0.2) is 4.79 Å². The zero-order valence-electron chi connectivity index (χ0n) is 16.4. The van der Waals surface area contributed by atoms with E-state index in [0.29, 0.717) is 28.0 Å². The molecule has 0 saturated heterocycles. The zero-order chi connectivity index (χ0) is 21.0. The molecule has 0 fully saturated rings. The maximum Gasteiger partial charge on any atom is 0.339 e. The molecule has 0 bridgehead atoms. The Balaban J connectivity index is 1.75. The second-order valence-electron chi connectivity index (χ2n) is 6.53. The predicted octanol–water partition coefficient (Wildman–Crippen LogP) is 4.24. The molecule has 0 spiro atoms. The van der Waals surface area contributed by atoms with Crippen LogP contribution in [0.15, 0.2) is 60.7 Å². The number of rotatable bonds is 6. The van der Waals surface area contributed by atoms with E-state index in [4.69, 9.17) is 9.47 Å². The molecule has 0 heterocycles. The van der Waals surface area contributed by atoms with Crippen LogP contribution in [0.25, 0.3) is 10.8 Å². The van der Waals surface area contributed by atoms with Crippen LogP contribution in [0, 0.1) is 0 Å². The third kappa shape index (κ3) is 4.43. The number of anilines is 1. The van der Waals surface area contributed by atoms with Crippen LogP contribution in [0.5, 0.6) is 5.75 Å². The molecule has 1 N–H and O–H groups in total. The van der Waals surface area contributed by atoms with E-state index in [2.05, 4.69) is 5.32 Å². The quantitative estimate of drug-likeness (QED) is 0.502. The molecule has 0 aliphatic carbocycles. The van der Waals surface area contributed by atoms with Gasteiger partial charge in [-0.1, -0.05) is 36.4 Å². The summed E-state index contributed by atoms with van der Waals surface area (Å²) in [6.45, 7) is 2.94. The van der Waals surface area contributed by atoms with Crippen LogP contribution in [0.2, 0.25) is 0 Å². The molecule has 1 amide bonds. The van der Waals surface area contributed by atoms with Gasteiger partial charge in [0, 0.05) is 16.6 Å². The zero-order valence-corrected chi connectivity index (χ0v) is 16.4. The average molecular weight is 391 g/mol. The number of methoxy groups -OCH3 is 1. The van der Waals surface area contributed by atoms with Crippen LogP contribution in [-0.4, -0.2) is 30.9 Å². The Labute approximate surface area is 168 Å². The summed E-state index contributed by atoms with van der Waals surface area (Å²) in [5.74, 6) is -0.555. The van der Waals surface area contributed by atoms with Crippen molar-refractivity contribution in [3.8, 4) is 5.75 Å². The summed E-state index contributed by atoms with van der Waals surface area (Å²) >= 11 is 0. The van der Waals surface area contributed by atoms with Crippen LogP contribution in [0.3, 0.4) is 0 Å². The van der Waals surface area contributed by atoms with Gasteiger partial charge in [-0.3, -0.25) is 9.59 Å². The minimum atomic E-state index is -1.02. The SMILES string of the molecule is COc1ccc(C(=O)O[C@@H](C)C(=O)Nc2cccc(C(C)=O)c2)c2ccccc12. The normalized spacial score (nSPS) is 11.6. The number of Topliss-reactive ketones (excluding diaryl/α,β-unsaturated/α-hetero) is 1. The molecule has 0 saturated carbocycles. The lowest BCUT2D eigenvalue weighted by Crippen LogP contribution is -2.30. The highest BCUT2D eigenvalue weighted by Crippen LogP contribution is 2.29. The fourth-order valence-electron chi connectivity index (χ4n) is 2.96. The van der Waals surface area contributed by atoms with E-state index in [1.54, 1.807) is 49.6 Å². The molecule has 6 heteroatoms. The molecule has 148 valence electrons. The van der Waals surface area contributed by atoms with Crippen molar-refractivity contribution in [3.63, 3.8) is 0 Å². The number of ketones is 1. The van der Waals surface area contributed by atoms with Gasteiger partial charge >= 0.3 is 5.97 Å². The molecule has 0 aromatic heterocycles. The van der Waals surface area contributed by atoms with Crippen molar-refractivity contribution in [2.75, 3.05) is 12.4 Å². The first-order valence-electron chi connectivity index (χ1n) is 9.09. The smallest absolute Gasteiger partial charge is 0.339 e. The average Bonchev–Trinajstić information content (AvgIpc) is 2.72. The Kier molecular flexibility index (Phi) is 5.93. The number of fused-ring (bicyclic) bond motifs is 1. The van der Waals surface area contributed by atoms with Crippen molar-refractivity contribution in [2.45, 2.75) is 20.0 Å². The highest BCUT2D eigenvalue weighted by atomic mass is 16.5. The van der Waals surface area contributed by atoms with Crippen molar-refractivity contribution < 1.29 is 23.9 Å². The standard InChI is InChI=1S/C23H21NO5/c1-14(25)16-7-6-8-17(13-16)24-22(26)15(2)29-23(27)20-11-12-21(28-3)19-10-5-4-9-18(19)20/h4-13,15H,1-3H3,(H,24,26)/t15-/m0/s1. The van der Waals surface area contributed by atoms with Crippen molar-refractivity contribution >= 4 is 34.1 Å². The maximum atomic E-state index is 12.7. The summed E-state index contributed by atoms with van der Waals surface area (Å²) < 4.78 is 10.7. The molecule has 3 aromatic rings. The van der Waals surface area contributed by atoms with Crippen molar-refractivity contribution in [3.05, 3.63) is 71.8 Å². The fraction of sp³-hybridized carbons (Fsp3) is 0.174. The number of carbonyl (C=O) groups excluding carboxylic acids is 3. The Hall–Kier alpha value is -3.67.